The van der Waals surface area contributed by atoms with Crippen LogP contribution < -0.4 is 4.90 Å². The Morgan fingerprint density at radius 1 is 1.35 bits per heavy atom. The first-order valence-electron chi connectivity index (χ1n) is 7.79. The molecule has 1 fully saturated rings. The molecular formula is C17H21ClN3OS+. The third-order valence-electron chi connectivity index (χ3n) is 4.41. The number of pyridine rings is 1. The lowest BCUT2D eigenvalue weighted by Crippen LogP contribution is -3.13. The molecule has 0 atom stereocenters. The second-order valence-corrected chi connectivity index (χ2v) is 7.17. The number of benzene rings is 1. The van der Waals surface area contributed by atoms with Gasteiger partial charge in [0.15, 0.2) is 0 Å². The van der Waals surface area contributed by atoms with Crippen molar-refractivity contribution >= 4 is 40.2 Å². The number of carbonyl (C=O) groups is 1. The summed E-state index contributed by atoms with van der Waals surface area (Å²) in [5, 5.41) is 1.72. The number of rotatable bonds is 3. The van der Waals surface area contributed by atoms with Gasteiger partial charge in [0.25, 0.3) is 0 Å². The molecule has 4 nitrogen and oxygen atoms in total. The predicted octanol–water partition coefficient (Wildman–Crippen LogP) is 1.86. The molecule has 2 heterocycles. The van der Waals surface area contributed by atoms with Gasteiger partial charge >= 0.3 is 0 Å². The number of fused-ring (bicyclic) bond motifs is 1. The second-order valence-electron chi connectivity index (χ2n) is 5.93. The normalized spacial score (nSPS) is 16.0. The van der Waals surface area contributed by atoms with E-state index in [2.05, 4.69) is 35.5 Å². The first-order valence-corrected chi connectivity index (χ1v) is 9.39. The van der Waals surface area contributed by atoms with Gasteiger partial charge in [-0.25, -0.2) is 4.98 Å². The van der Waals surface area contributed by atoms with Crippen LogP contribution >= 0.6 is 23.4 Å². The molecule has 1 aliphatic heterocycles. The number of aromatic nitrogens is 1. The van der Waals surface area contributed by atoms with Gasteiger partial charge in [-0.2, -0.15) is 0 Å². The minimum atomic E-state index is 0.166. The standard InChI is InChI=1S/C17H20ClN3OS/c1-12(22)21-7-5-20(6-8-21)11-14-9-13-3-4-15(23-2)10-16(13)19-17(14)18/h3-4,9-10H,5-8,11H2,1-2H3/p+1. The van der Waals surface area contributed by atoms with Gasteiger partial charge in [0.2, 0.25) is 5.91 Å². The van der Waals surface area contributed by atoms with Crippen molar-refractivity contribution in [1.29, 1.82) is 0 Å². The maximum Gasteiger partial charge on any atom is 0.219 e. The highest BCUT2D eigenvalue weighted by molar-refractivity contribution is 7.98. The van der Waals surface area contributed by atoms with Crippen molar-refractivity contribution in [3.8, 4) is 0 Å². The zero-order chi connectivity index (χ0) is 16.4. The van der Waals surface area contributed by atoms with Crippen LogP contribution in [-0.4, -0.2) is 48.2 Å². The Bertz CT molecular complexity index is 729. The molecule has 0 aliphatic carbocycles. The van der Waals surface area contributed by atoms with Gasteiger partial charge in [0, 0.05) is 22.8 Å². The van der Waals surface area contributed by atoms with Crippen molar-refractivity contribution in [2.45, 2.75) is 18.4 Å². The Morgan fingerprint density at radius 2 is 2.09 bits per heavy atom. The van der Waals surface area contributed by atoms with Crippen molar-refractivity contribution in [2.24, 2.45) is 0 Å². The maximum absolute atomic E-state index is 11.4. The summed E-state index contributed by atoms with van der Waals surface area (Å²) in [4.78, 5) is 20.5. The molecule has 0 spiro atoms. The number of hydrogen-bond donors (Lipinski definition) is 1. The van der Waals surface area contributed by atoms with Crippen molar-refractivity contribution in [3.63, 3.8) is 0 Å². The zero-order valence-corrected chi connectivity index (χ0v) is 15.0. The maximum atomic E-state index is 11.4. The molecule has 1 aromatic heterocycles. The van der Waals surface area contributed by atoms with E-state index in [0.29, 0.717) is 5.15 Å². The van der Waals surface area contributed by atoms with Crippen LogP contribution in [0.1, 0.15) is 12.5 Å². The van der Waals surface area contributed by atoms with E-state index >= 15 is 0 Å². The Hall–Kier alpha value is -1.30. The summed E-state index contributed by atoms with van der Waals surface area (Å²) in [5.41, 5.74) is 2.03. The van der Waals surface area contributed by atoms with Crippen LogP contribution in [-0.2, 0) is 11.3 Å². The average Bonchev–Trinajstić information content (AvgIpc) is 2.55. The number of nitrogens with zero attached hydrogens (tertiary/aromatic N) is 2. The molecule has 0 radical (unpaired) electrons. The molecule has 1 saturated heterocycles. The summed E-state index contributed by atoms with van der Waals surface area (Å²) in [5.74, 6) is 0.166. The topological polar surface area (TPSA) is 37.6 Å². The molecule has 23 heavy (non-hydrogen) atoms. The first kappa shape index (κ1) is 16.6. The lowest BCUT2D eigenvalue weighted by molar-refractivity contribution is -0.917. The van der Waals surface area contributed by atoms with E-state index in [0.717, 1.165) is 49.2 Å². The minimum Gasteiger partial charge on any atom is -0.332 e. The fourth-order valence-corrected chi connectivity index (χ4v) is 3.65. The number of hydrogen-bond acceptors (Lipinski definition) is 3. The van der Waals surface area contributed by atoms with Gasteiger partial charge < -0.3 is 9.80 Å². The van der Waals surface area contributed by atoms with Crippen molar-refractivity contribution in [2.75, 3.05) is 32.4 Å². The predicted molar refractivity (Wildman–Crippen MR) is 95.2 cm³/mol. The molecule has 0 unspecified atom stereocenters. The number of nitrogens with one attached hydrogen (secondary N) is 1. The third-order valence-corrected chi connectivity index (χ3v) is 5.46. The number of quaternary nitrogens is 1. The van der Waals surface area contributed by atoms with Crippen molar-refractivity contribution in [1.82, 2.24) is 9.88 Å². The summed E-state index contributed by atoms with van der Waals surface area (Å²) in [6.07, 6.45) is 2.06. The SMILES string of the molecule is CSc1ccc2cc(C[NH+]3CCN(C(C)=O)CC3)c(Cl)nc2c1. The van der Waals surface area contributed by atoms with Gasteiger partial charge in [-0.15, -0.1) is 11.8 Å². The van der Waals surface area contributed by atoms with Gasteiger partial charge in [0.05, 0.1) is 31.7 Å². The second kappa shape index (κ2) is 7.07. The van der Waals surface area contributed by atoms with Gasteiger partial charge in [-0.1, -0.05) is 17.7 Å². The van der Waals surface area contributed by atoms with E-state index in [4.69, 9.17) is 11.6 Å². The summed E-state index contributed by atoms with van der Waals surface area (Å²) < 4.78 is 0. The van der Waals surface area contributed by atoms with E-state index in [1.165, 1.54) is 9.80 Å². The molecule has 1 aliphatic rings. The highest BCUT2D eigenvalue weighted by atomic mass is 35.5. The quantitative estimate of drug-likeness (QED) is 0.678. The first-order chi connectivity index (χ1) is 11.1. The lowest BCUT2D eigenvalue weighted by atomic mass is 10.1. The fourth-order valence-electron chi connectivity index (χ4n) is 3.00. The van der Waals surface area contributed by atoms with Gasteiger partial charge in [-0.05, 0) is 24.5 Å². The monoisotopic (exact) mass is 350 g/mol. The number of amides is 1. The average molecular weight is 351 g/mol. The number of carbonyl (C=O) groups excluding carboxylic acids is 1. The molecule has 122 valence electrons. The van der Waals surface area contributed by atoms with E-state index < -0.39 is 0 Å². The molecule has 2 aromatic rings. The van der Waals surface area contributed by atoms with Crippen LogP contribution in [0.25, 0.3) is 10.9 Å². The summed E-state index contributed by atoms with van der Waals surface area (Å²) in [6, 6.07) is 8.45. The molecule has 1 N–H and O–H groups in total. The van der Waals surface area contributed by atoms with E-state index in [1.807, 2.05) is 4.90 Å². The summed E-state index contributed by atoms with van der Waals surface area (Å²) in [7, 11) is 0. The minimum absolute atomic E-state index is 0.166. The van der Waals surface area contributed by atoms with Crippen LogP contribution in [0.4, 0.5) is 0 Å². The van der Waals surface area contributed by atoms with E-state index in [1.54, 1.807) is 18.7 Å². The van der Waals surface area contributed by atoms with Crippen molar-refractivity contribution in [3.05, 3.63) is 35.0 Å². The van der Waals surface area contributed by atoms with Crippen LogP contribution in [0.5, 0.6) is 0 Å². The zero-order valence-electron chi connectivity index (χ0n) is 13.4. The number of thioether (sulfide) groups is 1. The fraction of sp³-hybridized carbons (Fsp3) is 0.412. The highest BCUT2D eigenvalue weighted by Gasteiger charge is 2.22. The van der Waals surface area contributed by atoms with E-state index in [-0.39, 0.29) is 5.91 Å². The molecule has 1 aromatic carbocycles. The van der Waals surface area contributed by atoms with Crippen LogP contribution in [0.2, 0.25) is 5.15 Å². The van der Waals surface area contributed by atoms with Crippen molar-refractivity contribution < 1.29 is 9.69 Å². The van der Waals surface area contributed by atoms with Gasteiger partial charge in [-0.3, -0.25) is 4.79 Å². The molecular weight excluding hydrogens is 330 g/mol. The molecule has 0 bridgehead atoms. The smallest absolute Gasteiger partial charge is 0.219 e. The molecule has 3 rings (SSSR count). The molecule has 0 saturated carbocycles. The summed E-state index contributed by atoms with van der Waals surface area (Å²) >= 11 is 8.11. The highest BCUT2D eigenvalue weighted by Crippen LogP contribution is 2.24. The largest absolute Gasteiger partial charge is 0.332 e. The van der Waals surface area contributed by atoms with E-state index in [9.17, 15) is 4.79 Å². The Kier molecular flexibility index (Phi) is 5.09. The Labute approximate surface area is 145 Å². The van der Waals surface area contributed by atoms with Gasteiger partial charge in [0.1, 0.15) is 11.7 Å². The third kappa shape index (κ3) is 3.79. The summed E-state index contributed by atoms with van der Waals surface area (Å²) in [6.45, 7) is 6.05. The van der Waals surface area contributed by atoms with Crippen LogP contribution in [0.3, 0.4) is 0 Å². The molecule has 1 amide bonds. The number of piperazine rings is 1. The molecule has 6 heteroatoms. The Morgan fingerprint density at radius 3 is 2.74 bits per heavy atom. The van der Waals surface area contributed by atoms with Crippen LogP contribution in [0, 0.1) is 0 Å². The Balaban J connectivity index is 1.75. The number of halogens is 1. The van der Waals surface area contributed by atoms with Crippen LogP contribution in [0.15, 0.2) is 29.2 Å². The lowest BCUT2D eigenvalue weighted by Gasteiger charge is -2.31.